The molecular weight excluding hydrogens is 330 g/mol. The van der Waals surface area contributed by atoms with Crippen molar-refractivity contribution < 1.29 is 9.59 Å². The van der Waals surface area contributed by atoms with Crippen molar-refractivity contribution in [3.8, 4) is 0 Å². The quantitative estimate of drug-likeness (QED) is 0.641. The van der Waals surface area contributed by atoms with Gasteiger partial charge < -0.3 is 26.6 Å². The van der Waals surface area contributed by atoms with Crippen molar-refractivity contribution in [2.24, 2.45) is 5.73 Å². The average Bonchev–Trinajstić information content (AvgIpc) is 2.60. The molecule has 2 rings (SSSR count). The van der Waals surface area contributed by atoms with Crippen LogP contribution in [0, 0.1) is 0 Å². The first kappa shape index (κ1) is 19.1. The summed E-state index contributed by atoms with van der Waals surface area (Å²) >= 11 is 0. The normalized spacial score (nSPS) is 11.3. The molecule has 0 spiro atoms. The fourth-order valence-electron chi connectivity index (χ4n) is 2.42. The molecule has 138 valence electrons. The number of primary amides is 1. The lowest BCUT2D eigenvalue weighted by molar-refractivity contribution is 0.237. The lowest BCUT2D eigenvalue weighted by Gasteiger charge is -2.16. The van der Waals surface area contributed by atoms with Crippen LogP contribution in [0.25, 0.3) is 0 Å². The van der Waals surface area contributed by atoms with E-state index < -0.39 is 6.03 Å². The second-order valence-electron chi connectivity index (χ2n) is 6.22. The Hall–Kier alpha value is -3.22. The maximum absolute atomic E-state index is 12.1. The summed E-state index contributed by atoms with van der Waals surface area (Å²) in [5.41, 5.74) is 8.75. The van der Waals surface area contributed by atoms with Crippen LogP contribution in [0.3, 0.4) is 0 Å². The first-order valence-electron chi connectivity index (χ1n) is 8.32. The lowest BCUT2D eigenvalue weighted by Crippen LogP contribution is -2.36. The van der Waals surface area contributed by atoms with E-state index in [2.05, 4.69) is 16.0 Å². The molecule has 0 fully saturated rings. The smallest absolute Gasteiger partial charge is 0.316 e. The van der Waals surface area contributed by atoms with Crippen LogP contribution < -0.4 is 26.6 Å². The van der Waals surface area contributed by atoms with Gasteiger partial charge in [0.1, 0.15) is 0 Å². The summed E-state index contributed by atoms with van der Waals surface area (Å²) < 4.78 is 0. The summed E-state index contributed by atoms with van der Waals surface area (Å²) in [6.45, 7) is 2.34. The van der Waals surface area contributed by atoms with Crippen LogP contribution in [0.4, 0.5) is 21.0 Å². The molecule has 7 heteroatoms. The van der Waals surface area contributed by atoms with Gasteiger partial charge in [-0.2, -0.15) is 0 Å². The minimum absolute atomic E-state index is 0.172. The Bertz CT molecular complexity index is 742. The zero-order chi connectivity index (χ0) is 19.1. The van der Waals surface area contributed by atoms with Gasteiger partial charge >= 0.3 is 12.1 Å². The fourth-order valence-corrected chi connectivity index (χ4v) is 2.42. The predicted molar refractivity (Wildman–Crippen MR) is 104 cm³/mol. The number of nitrogens with one attached hydrogen (secondary N) is 3. The van der Waals surface area contributed by atoms with Gasteiger partial charge in [-0.15, -0.1) is 0 Å². The SMILES string of the molecule is CC(NC(=O)NCc1ccc(N(C)C)cc1)c1ccc(NC(N)=O)cc1. The number of nitrogens with two attached hydrogens (primary N) is 1. The van der Waals surface area contributed by atoms with E-state index in [1.807, 2.05) is 62.3 Å². The largest absolute Gasteiger partial charge is 0.378 e. The van der Waals surface area contributed by atoms with Crippen LogP contribution in [0.15, 0.2) is 48.5 Å². The molecule has 26 heavy (non-hydrogen) atoms. The van der Waals surface area contributed by atoms with Crippen molar-refractivity contribution in [1.29, 1.82) is 0 Å². The molecule has 0 aliphatic carbocycles. The Kier molecular flexibility index (Phi) is 6.43. The van der Waals surface area contributed by atoms with E-state index in [1.165, 1.54) is 0 Å². The van der Waals surface area contributed by atoms with Crippen LogP contribution in [0.1, 0.15) is 24.1 Å². The summed E-state index contributed by atoms with van der Waals surface area (Å²) in [7, 11) is 3.97. The van der Waals surface area contributed by atoms with Crippen molar-refractivity contribution >= 4 is 23.4 Å². The number of nitrogens with zero attached hydrogens (tertiary/aromatic N) is 1. The van der Waals surface area contributed by atoms with Gasteiger partial charge in [-0.3, -0.25) is 0 Å². The molecule has 1 unspecified atom stereocenters. The van der Waals surface area contributed by atoms with Gasteiger partial charge in [0.25, 0.3) is 0 Å². The maximum atomic E-state index is 12.1. The van der Waals surface area contributed by atoms with Gasteiger partial charge in [-0.05, 0) is 42.3 Å². The minimum atomic E-state index is -0.609. The summed E-state index contributed by atoms with van der Waals surface area (Å²) in [5.74, 6) is 0. The molecule has 2 aromatic rings. The van der Waals surface area contributed by atoms with Crippen molar-refractivity contribution in [3.05, 3.63) is 59.7 Å². The molecule has 0 aromatic heterocycles. The summed E-state index contributed by atoms with van der Waals surface area (Å²) in [6.07, 6.45) is 0. The number of carbonyl (C=O) groups excluding carboxylic acids is 2. The number of carbonyl (C=O) groups is 2. The molecular formula is C19H25N5O2. The Labute approximate surface area is 153 Å². The second-order valence-corrected chi connectivity index (χ2v) is 6.22. The Morgan fingerprint density at radius 2 is 1.65 bits per heavy atom. The van der Waals surface area contributed by atoms with Gasteiger partial charge in [0.05, 0.1) is 6.04 Å². The molecule has 0 aliphatic heterocycles. The zero-order valence-electron chi connectivity index (χ0n) is 15.2. The third kappa shape index (κ3) is 5.70. The van der Waals surface area contributed by atoms with E-state index in [1.54, 1.807) is 12.1 Å². The van der Waals surface area contributed by atoms with E-state index in [-0.39, 0.29) is 12.1 Å². The van der Waals surface area contributed by atoms with Crippen molar-refractivity contribution in [2.45, 2.75) is 19.5 Å². The van der Waals surface area contributed by atoms with Crippen molar-refractivity contribution in [3.63, 3.8) is 0 Å². The predicted octanol–water partition coefficient (Wildman–Crippen LogP) is 2.80. The van der Waals surface area contributed by atoms with Gasteiger partial charge in [-0.1, -0.05) is 24.3 Å². The molecule has 5 N–H and O–H groups in total. The fraction of sp³-hybridized carbons (Fsp3) is 0.263. The third-order valence-electron chi connectivity index (χ3n) is 3.93. The topological polar surface area (TPSA) is 99.5 Å². The van der Waals surface area contributed by atoms with Crippen molar-refractivity contribution in [1.82, 2.24) is 10.6 Å². The van der Waals surface area contributed by atoms with Crippen LogP contribution in [-0.2, 0) is 6.54 Å². The third-order valence-corrected chi connectivity index (χ3v) is 3.93. The van der Waals surface area contributed by atoms with E-state index >= 15 is 0 Å². The first-order chi connectivity index (χ1) is 12.3. The highest BCUT2D eigenvalue weighted by molar-refractivity contribution is 5.87. The average molecular weight is 355 g/mol. The van der Waals surface area contributed by atoms with Crippen molar-refractivity contribution in [2.75, 3.05) is 24.3 Å². The molecule has 0 heterocycles. The Morgan fingerprint density at radius 1 is 1.04 bits per heavy atom. The zero-order valence-corrected chi connectivity index (χ0v) is 15.2. The van der Waals surface area contributed by atoms with Crippen LogP contribution in [0.2, 0.25) is 0 Å². The number of anilines is 2. The monoisotopic (exact) mass is 355 g/mol. The minimum Gasteiger partial charge on any atom is -0.378 e. The number of hydrogen-bond donors (Lipinski definition) is 4. The number of amides is 4. The highest BCUT2D eigenvalue weighted by Gasteiger charge is 2.09. The molecule has 4 amide bonds. The standard InChI is InChI=1S/C19H25N5O2/c1-13(15-6-8-16(9-7-15)23-18(20)25)22-19(26)21-12-14-4-10-17(11-5-14)24(2)3/h4-11,13H,12H2,1-3H3,(H3,20,23,25)(H2,21,22,26). The molecule has 0 bridgehead atoms. The van der Waals surface area contributed by atoms with E-state index in [0.717, 1.165) is 16.8 Å². The molecule has 0 aliphatic rings. The van der Waals surface area contributed by atoms with Crippen LogP contribution in [-0.4, -0.2) is 26.2 Å². The summed E-state index contributed by atoms with van der Waals surface area (Å²) in [4.78, 5) is 24.9. The molecule has 0 saturated carbocycles. The second kappa shape index (κ2) is 8.75. The van der Waals surface area contributed by atoms with Gasteiger partial charge in [-0.25, -0.2) is 9.59 Å². The summed E-state index contributed by atoms with van der Waals surface area (Å²) in [6, 6.07) is 14.1. The number of hydrogen-bond acceptors (Lipinski definition) is 3. The van der Waals surface area contributed by atoms with E-state index in [0.29, 0.717) is 12.2 Å². The molecule has 2 aromatic carbocycles. The maximum Gasteiger partial charge on any atom is 0.316 e. The molecule has 1 atom stereocenters. The van der Waals surface area contributed by atoms with Crippen LogP contribution >= 0.6 is 0 Å². The lowest BCUT2D eigenvalue weighted by atomic mass is 10.1. The molecule has 0 radical (unpaired) electrons. The Balaban J connectivity index is 1.83. The molecule has 7 nitrogen and oxygen atoms in total. The molecule has 0 saturated heterocycles. The van der Waals surface area contributed by atoms with Gasteiger partial charge in [0.15, 0.2) is 0 Å². The van der Waals surface area contributed by atoms with Gasteiger partial charge in [0, 0.05) is 32.0 Å². The number of benzene rings is 2. The van der Waals surface area contributed by atoms with Crippen LogP contribution in [0.5, 0.6) is 0 Å². The highest BCUT2D eigenvalue weighted by atomic mass is 16.2. The van der Waals surface area contributed by atoms with E-state index in [4.69, 9.17) is 5.73 Å². The number of urea groups is 2. The number of rotatable bonds is 6. The highest BCUT2D eigenvalue weighted by Crippen LogP contribution is 2.16. The first-order valence-corrected chi connectivity index (χ1v) is 8.32. The Morgan fingerprint density at radius 3 is 2.19 bits per heavy atom. The van der Waals surface area contributed by atoms with E-state index in [9.17, 15) is 9.59 Å². The summed E-state index contributed by atoms with van der Waals surface area (Å²) in [5, 5.41) is 8.23. The van der Waals surface area contributed by atoms with Gasteiger partial charge in [0.2, 0.25) is 0 Å².